The third-order valence-electron chi connectivity index (χ3n) is 7.83. The van der Waals surface area contributed by atoms with Crippen LogP contribution < -0.4 is 0 Å². The number of hydrogen-bond donors (Lipinski definition) is 1. The van der Waals surface area contributed by atoms with Gasteiger partial charge in [0.05, 0.1) is 34.9 Å². The van der Waals surface area contributed by atoms with Gasteiger partial charge in [-0.1, -0.05) is 6.92 Å². The summed E-state index contributed by atoms with van der Waals surface area (Å²) in [5, 5.41) is 20.3. The maximum absolute atomic E-state index is 12.0. The second-order valence-electron chi connectivity index (χ2n) is 9.01. The molecule has 2 aliphatic heterocycles. The zero-order chi connectivity index (χ0) is 18.0. The Morgan fingerprint density at radius 2 is 2.00 bits per heavy atom. The molecular formula is C20H27NO4. The summed E-state index contributed by atoms with van der Waals surface area (Å²) < 4.78 is 11.5. The topological polar surface area (TPSA) is 79.6 Å². The van der Waals surface area contributed by atoms with Gasteiger partial charge in [-0.15, -0.1) is 0 Å². The van der Waals surface area contributed by atoms with Crippen LogP contribution in [0.2, 0.25) is 0 Å². The fourth-order valence-electron chi connectivity index (χ4n) is 6.41. The number of nitrogens with zero attached hydrogens (tertiary/aromatic N) is 1. The number of cyclic esters (lactones) is 1. The minimum absolute atomic E-state index is 0.0610. The number of carbonyl (C=O) groups is 1. The molecule has 0 aromatic carbocycles. The molecule has 5 nitrogen and oxygen atoms in total. The molecule has 2 aliphatic carbocycles. The Labute approximate surface area is 149 Å². The number of esters is 1. The first kappa shape index (κ1) is 17.1. The van der Waals surface area contributed by atoms with Crippen molar-refractivity contribution >= 4 is 5.97 Å². The first-order valence-electron chi connectivity index (χ1n) is 9.39. The molecule has 1 N–H and O–H groups in total. The van der Waals surface area contributed by atoms with Crippen molar-refractivity contribution in [1.29, 1.82) is 5.26 Å². The molecule has 0 unspecified atom stereocenters. The number of hydrogen-bond acceptors (Lipinski definition) is 5. The van der Waals surface area contributed by atoms with Gasteiger partial charge in [0.2, 0.25) is 0 Å². The van der Waals surface area contributed by atoms with E-state index in [1.807, 2.05) is 13.0 Å². The standard InChI is InChI=1S/C20H27NO4/c1-18-7-5-16(22)19(2,11-21)14(18)4-8-20(3)15(18)10-13(25-20)12-6-9-24-17(12)23/h6,13-16,22H,4-5,7-10H2,1-3H3/t13-,14-,15-,16+,18+,19-,20+/m0/s1. The smallest absolute Gasteiger partial charge is 0.336 e. The predicted octanol–water partition coefficient (Wildman–Crippen LogP) is 2.73. The zero-order valence-electron chi connectivity index (χ0n) is 15.2. The number of fused-ring (bicyclic) bond motifs is 3. The second kappa shape index (κ2) is 5.31. The van der Waals surface area contributed by atoms with Crippen LogP contribution in [0, 0.1) is 34.0 Å². The maximum atomic E-state index is 12.0. The van der Waals surface area contributed by atoms with E-state index in [1.54, 1.807) is 0 Å². The van der Waals surface area contributed by atoms with Crippen LogP contribution in [-0.4, -0.2) is 35.5 Å². The number of carbonyl (C=O) groups excluding carboxylic acids is 1. The summed E-state index contributed by atoms with van der Waals surface area (Å²) in [6, 6.07) is 2.44. The lowest BCUT2D eigenvalue weighted by molar-refractivity contribution is -0.171. The third-order valence-corrected chi connectivity index (χ3v) is 7.83. The fraction of sp³-hybridized carbons (Fsp3) is 0.800. The Bertz CT molecular complexity index is 682. The van der Waals surface area contributed by atoms with Gasteiger partial charge in [0.1, 0.15) is 6.61 Å². The van der Waals surface area contributed by atoms with E-state index in [0.717, 1.165) is 25.7 Å². The van der Waals surface area contributed by atoms with Crippen LogP contribution in [-0.2, 0) is 14.3 Å². The van der Waals surface area contributed by atoms with Gasteiger partial charge in [-0.3, -0.25) is 0 Å². The van der Waals surface area contributed by atoms with E-state index >= 15 is 0 Å². The van der Waals surface area contributed by atoms with Crippen molar-refractivity contribution in [2.45, 2.75) is 70.7 Å². The highest BCUT2D eigenvalue weighted by Gasteiger charge is 2.65. The molecule has 3 fully saturated rings. The maximum Gasteiger partial charge on any atom is 0.336 e. The van der Waals surface area contributed by atoms with E-state index in [-0.39, 0.29) is 34.9 Å². The first-order chi connectivity index (χ1) is 11.7. The molecule has 0 amide bonds. The van der Waals surface area contributed by atoms with Crippen LogP contribution >= 0.6 is 0 Å². The van der Waals surface area contributed by atoms with Crippen molar-refractivity contribution in [3.63, 3.8) is 0 Å². The van der Waals surface area contributed by atoms with Crippen molar-refractivity contribution in [2.24, 2.45) is 22.7 Å². The minimum Gasteiger partial charge on any atom is -0.458 e. The van der Waals surface area contributed by atoms with Gasteiger partial charge in [0, 0.05) is 0 Å². The molecule has 0 aromatic heterocycles. The third kappa shape index (κ3) is 2.17. The molecule has 1 saturated heterocycles. The van der Waals surface area contributed by atoms with Crippen LogP contribution in [0.4, 0.5) is 0 Å². The fourth-order valence-corrected chi connectivity index (χ4v) is 6.41. The Balaban J connectivity index is 1.68. The molecule has 136 valence electrons. The first-order valence-corrected chi connectivity index (χ1v) is 9.39. The SMILES string of the molecule is C[C@@]1(C#N)[C@H](O)CC[C@]2(C)[C@@H]1CC[C@@]1(C)O[C@H](C3=CCOC3=O)C[C@@H]21. The highest BCUT2D eigenvalue weighted by atomic mass is 16.5. The molecule has 25 heavy (non-hydrogen) atoms. The predicted molar refractivity (Wildman–Crippen MR) is 90.2 cm³/mol. The van der Waals surface area contributed by atoms with Crippen LogP contribution in [0.15, 0.2) is 11.6 Å². The molecule has 0 spiro atoms. The summed E-state index contributed by atoms with van der Waals surface area (Å²) >= 11 is 0. The number of aliphatic hydroxyl groups excluding tert-OH is 1. The Kier molecular flexibility index (Phi) is 3.62. The number of aliphatic hydroxyl groups is 1. The van der Waals surface area contributed by atoms with E-state index < -0.39 is 11.5 Å². The van der Waals surface area contributed by atoms with Gasteiger partial charge in [-0.2, -0.15) is 5.26 Å². The van der Waals surface area contributed by atoms with Gasteiger partial charge in [-0.05, 0) is 69.3 Å². The molecule has 2 saturated carbocycles. The average molecular weight is 345 g/mol. The summed E-state index contributed by atoms with van der Waals surface area (Å²) in [4.78, 5) is 12.0. The lowest BCUT2D eigenvalue weighted by Gasteiger charge is -2.60. The normalized spacial score (nSPS) is 52.0. The molecule has 0 bridgehead atoms. The van der Waals surface area contributed by atoms with Gasteiger partial charge >= 0.3 is 5.97 Å². The minimum atomic E-state index is -0.710. The Morgan fingerprint density at radius 1 is 1.24 bits per heavy atom. The van der Waals surface area contributed by atoms with Crippen molar-refractivity contribution in [2.75, 3.05) is 6.61 Å². The number of rotatable bonds is 1. The lowest BCUT2D eigenvalue weighted by atomic mass is 9.45. The van der Waals surface area contributed by atoms with Crippen LogP contribution in [0.25, 0.3) is 0 Å². The Morgan fingerprint density at radius 3 is 2.64 bits per heavy atom. The molecule has 4 aliphatic rings. The van der Waals surface area contributed by atoms with Gasteiger partial charge in [0.15, 0.2) is 0 Å². The molecule has 0 aromatic rings. The van der Waals surface area contributed by atoms with E-state index in [2.05, 4.69) is 19.9 Å². The van der Waals surface area contributed by atoms with Gasteiger partial charge in [-0.25, -0.2) is 4.79 Å². The van der Waals surface area contributed by atoms with Gasteiger partial charge in [0.25, 0.3) is 0 Å². The van der Waals surface area contributed by atoms with E-state index in [0.29, 0.717) is 18.6 Å². The van der Waals surface area contributed by atoms with E-state index in [9.17, 15) is 15.2 Å². The molecular weight excluding hydrogens is 318 g/mol. The van der Waals surface area contributed by atoms with Crippen LogP contribution in [0.5, 0.6) is 0 Å². The van der Waals surface area contributed by atoms with Crippen LogP contribution in [0.3, 0.4) is 0 Å². The highest BCUT2D eigenvalue weighted by Crippen LogP contribution is 2.66. The molecule has 2 heterocycles. The van der Waals surface area contributed by atoms with Gasteiger partial charge < -0.3 is 14.6 Å². The van der Waals surface area contributed by atoms with E-state index in [1.165, 1.54) is 0 Å². The van der Waals surface area contributed by atoms with Crippen molar-refractivity contribution < 1.29 is 19.4 Å². The molecule has 4 rings (SSSR count). The molecule has 7 atom stereocenters. The average Bonchev–Trinajstić information content (AvgIpc) is 3.15. The summed E-state index contributed by atoms with van der Waals surface area (Å²) in [5.41, 5.74) is -0.389. The Hall–Kier alpha value is -1.38. The number of nitriles is 1. The summed E-state index contributed by atoms with van der Waals surface area (Å²) in [6.07, 6.45) is 5.15. The van der Waals surface area contributed by atoms with Crippen molar-refractivity contribution in [3.8, 4) is 6.07 Å². The molecule has 5 heteroatoms. The van der Waals surface area contributed by atoms with Crippen molar-refractivity contribution in [1.82, 2.24) is 0 Å². The highest BCUT2D eigenvalue weighted by molar-refractivity contribution is 5.91. The van der Waals surface area contributed by atoms with E-state index in [4.69, 9.17) is 9.47 Å². The monoisotopic (exact) mass is 345 g/mol. The van der Waals surface area contributed by atoms with Crippen LogP contribution in [0.1, 0.15) is 52.9 Å². The summed E-state index contributed by atoms with van der Waals surface area (Å²) in [5.74, 6) is 0.173. The zero-order valence-corrected chi connectivity index (χ0v) is 15.2. The summed E-state index contributed by atoms with van der Waals surface area (Å²) in [7, 11) is 0. The lowest BCUT2D eigenvalue weighted by Crippen LogP contribution is -2.59. The van der Waals surface area contributed by atoms with Crippen molar-refractivity contribution in [3.05, 3.63) is 11.6 Å². The largest absolute Gasteiger partial charge is 0.458 e. The summed E-state index contributed by atoms with van der Waals surface area (Å²) in [6.45, 7) is 6.70. The molecule has 0 radical (unpaired) electrons. The second-order valence-corrected chi connectivity index (χ2v) is 9.01. The number of ether oxygens (including phenoxy) is 2. The quantitative estimate of drug-likeness (QED) is 0.739.